The normalized spacial score (nSPS) is 12.8. The van der Waals surface area contributed by atoms with Crippen molar-refractivity contribution in [1.82, 2.24) is 4.57 Å². The first kappa shape index (κ1) is 72.8. The van der Waals surface area contributed by atoms with Crippen molar-refractivity contribution in [2.24, 2.45) is 0 Å². The predicted octanol–water partition coefficient (Wildman–Crippen LogP) is 17.3. The van der Waals surface area contributed by atoms with Crippen molar-refractivity contribution >= 4 is 165 Å². The van der Waals surface area contributed by atoms with Gasteiger partial charge in [-0.25, -0.2) is 0 Å². The van der Waals surface area contributed by atoms with Crippen molar-refractivity contribution in [2.45, 2.75) is 52.4 Å². The molecule has 0 N–H and O–H groups in total. The second-order valence-electron chi connectivity index (χ2n) is 33.8. The van der Waals surface area contributed by atoms with Crippen LogP contribution in [0.1, 0.15) is 52.7 Å². The van der Waals surface area contributed by atoms with Gasteiger partial charge in [-0.05, 0) is 173 Å². The minimum Gasteiger partial charge on any atom is -0.311 e. The Balaban J connectivity index is 0.930. The number of nitrogens with zero attached hydrogens (tertiary/aromatic N) is 3. The van der Waals surface area contributed by atoms with Gasteiger partial charge in [-0.2, -0.15) is 0 Å². The topological polar surface area (TPSA) is 11.4 Å². The lowest BCUT2D eigenvalue weighted by molar-refractivity contribution is 0.590. The number of aromatic nitrogens is 1. The molecule has 0 radical (unpaired) electrons. The molecular formula is C110H90BN3Si3. The molecule has 3 nitrogen and oxygen atoms in total. The third-order valence-corrected chi connectivity index (χ3v) is 39.7. The van der Waals surface area contributed by atoms with Crippen LogP contribution in [-0.2, 0) is 10.8 Å². The second-order valence-corrected chi connectivity index (χ2v) is 45.3. The highest BCUT2D eigenvalue weighted by Gasteiger charge is 2.50. The molecule has 0 amide bonds. The zero-order chi connectivity index (χ0) is 79.0. The van der Waals surface area contributed by atoms with E-state index in [4.69, 9.17) is 0 Å². The molecule has 0 saturated carbocycles. The molecule has 0 fully saturated rings. The first-order valence-electron chi connectivity index (χ1n) is 41.2. The van der Waals surface area contributed by atoms with Gasteiger partial charge in [-0.3, -0.25) is 0 Å². The fourth-order valence-corrected chi connectivity index (χ4v) is 34.2. The maximum Gasteiger partial charge on any atom is 0.252 e. The average molecular weight is 1550 g/mol. The van der Waals surface area contributed by atoms with E-state index in [1.807, 2.05) is 0 Å². The fraction of sp³-hybridized carbons (Fsp3) is 0.0727. The summed E-state index contributed by atoms with van der Waals surface area (Å²) in [7, 11) is -9.19. The van der Waals surface area contributed by atoms with Gasteiger partial charge < -0.3 is 14.4 Å². The molecule has 560 valence electrons. The van der Waals surface area contributed by atoms with Gasteiger partial charge >= 0.3 is 0 Å². The van der Waals surface area contributed by atoms with Gasteiger partial charge in [0.1, 0.15) is 0 Å². The molecular weight excluding hydrogens is 1460 g/mol. The SMILES string of the molecule is CC(C)(C)c1ccc2c(c1)c1cc(C(C)(C)C)ccc1n2-c1cc2c3c(c1)N(c1ccc([Si](c4ccccc4)(c4ccccc4)c4ccccc4)cc1)c1c(cccc1-c1ccccc1)B3c1cc([Si](c3ccccc3)(c3ccccc3)c3ccccc3)ccc1N2c1ccc([Si](c2ccccc2)(c2ccccc2)c2ccccc2)cc1. The highest BCUT2D eigenvalue weighted by molar-refractivity contribution is 7.21. The molecule has 0 saturated heterocycles. The third kappa shape index (κ3) is 12.0. The second kappa shape index (κ2) is 29.3. The minimum absolute atomic E-state index is 0.0965. The molecule has 20 rings (SSSR count). The van der Waals surface area contributed by atoms with E-state index < -0.39 is 24.2 Å². The van der Waals surface area contributed by atoms with E-state index in [-0.39, 0.29) is 17.5 Å². The molecule has 2 aliphatic heterocycles. The highest BCUT2D eigenvalue weighted by atomic mass is 28.3. The van der Waals surface area contributed by atoms with Crippen molar-refractivity contribution in [2.75, 3.05) is 9.80 Å². The van der Waals surface area contributed by atoms with Crippen LogP contribution in [0.4, 0.5) is 34.1 Å². The van der Waals surface area contributed by atoms with Crippen LogP contribution < -0.4 is 88.4 Å². The summed E-state index contributed by atoms with van der Waals surface area (Å²) in [5.41, 5.74) is 18.6. The smallest absolute Gasteiger partial charge is 0.252 e. The number of hydrogen-bond donors (Lipinski definition) is 0. The number of hydrogen-bond acceptors (Lipinski definition) is 2. The number of rotatable bonds is 16. The maximum absolute atomic E-state index is 3.19. The van der Waals surface area contributed by atoms with Crippen molar-refractivity contribution in [1.29, 1.82) is 0 Å². The quantitative estimate of drug-likeness (QED) is 0.0706. The van der Waals surface area contributed by atoms with E-state index in [1.165, 1.54) is 112 Å². The van der Waals surface area contributed by atoms with E-state index in [1.54, 1.807) is 0 Å². The Hall–Kier alpha value is -13.1. The lowest BCUT2D eigenvalue weighted by Crippen LogP contribution is -2.75. The molecule has 0 aliphatic carbocycles. The first-order valence-corrected chi connectivity index (χ1v) is 47.2. The zero-order valence-corrected chi connectivity index (χ0v) is 70.0. The fourth-order valence-electron chi connectivity index (χ4n) is 19.9. The molecule has 0 unspecified atom stereocenters. The van der Waals surface area contributed by atoms with Gasteiger partial charge in [0.2, 0.25) is 0 Å². The lowest BCUT2D eigenvalue weighted by atomic mass is 9.33. The van der Waals surface area contributed by atoms with Crippen LogP contribution in [-0.4, -0.2) is 35.5 Å². The molecule has 0 atom stereocenters. The highest BCUT2D eigenvalue weighted by Crippen LogP contribution is 2.49. The summed E-state index contributed by atoms with van der Waals surface area (Å²) in [6.45, 7) is 13.8. The zero-order valence-electron chi connectivity index (χ0n) is 67.0. The third-order valence-electron chi connectivity index (χ3n) is 25.3. The molecule has 2 aliphatic rings. The molecule has 17 aromatic carbocycles. The average Bonchev–Trinajstić information content (AvgIpc) is 1.40. The Kier molecular flexibility index (Phi) is 18.2. The number of para-hydroxylation sites is 1. The standard InChI is InChI=1S/C110H90BN3Si3/c1-109(2,3)80-60-71-102-98(74-80)99-75-81(110(4,5)6)61-72-103(99)113(102)84-76-105-107-106(77-84)114(83-64-68-95(69-65-83)116(88-46-25-11-26-47-88,89-48-27-12-28-49-89)90-50-29-13-30-51-90)108-97(79-38-17-7-18-39-79)58-37-59-100(108)111(107)101-78-96(117(91-52-31-14-32-53-91,92-54-33-15-34-55-92)93-56-35-16-36-57-93)70-73-104(101)112(105)82-62-66-94(67-63-82)115(85-40-19-8-20-41-85,86-42-21-9-22-43-86)87-44-23-10-24-45-87/h7-78H,1-6H3. The lowest BCUT2D eigenvalue weighted by Gasteiger charge is -2.46. The summed E-state index contributed by atoms with van der Waals surface area (Å²) in [5.74, 6) is 0. The summed E-state index contributed by atoms with van der Waals surface area (Å²) >= 11 is 0. The van der Waals surface area contributed by atoms with Crippen LogP contribution in [0, 0.1) is 0 Å². The molecule has 117 heavy (non-hydrogen) atoms. The van der Waals surface area contributed by atoms with Crippen LogP contribution in [0.25, 0.3) is 38.6 Å². The van der Waals surface area contributed by atoms with Crippen LogP contribution in [0.5, 0.6) is 0 Å². The van der Waals surface area contributed by atoms with Crippen molar-refractivity contribution in [3.05, 3.63) is 448 Å². The summed E-state index contributed by atoms with van der Waals surface area (Å²) in [4.78, 5) is 5.36. The van der Waals surface area contributed by atoms with Gasteiger partial charge in [-0.1, -0.05) is 412 Å². The maximum atomic E-state index is 2.69. The van der Waals surface area contributed by atoms with Gasteiger partial charge in [0.05, 0.1) is 16.7 Å². The Morgan fingerprint density at radius 1 is 0.231 bits per heavy atom. The molecule has 3 heterocycles. The molecule has 1 aromatic heterocycles. The molecule has 0 bridgehead atoms. The van der Waals surface area contributed by atoms with Crippen LogP contribution in [0.2, 0.25) is 0 Å². The van der Waals surface area contributed by atoms with Gasteiger partial charge in [0.15, 0.2) is 24.2 Å². The number of fused-ring (bicyclic) bond motifs is 7. The largest absolute Gasteiger partial charge is 0.311 e. The van der Waals surface area contributed by atoms with Crippen LogP contribution >= 0.6 is 0 Å². The molecule has 7 heteroatoms. The van der Waals surface area contributed by atoms with Crippen LogP contribution in [0.3, 0.4) is 0 Å². The van der Waals surface area contributed by atoms with Gasteiger partial charge in [0.25, 0.3) is 6.71 Å². The van der Waals surface area contributed by atoms with Gasteiger partial charge in [0, 0.05) is 50.5 Å². The molecule has 18 aromatic rings. The van der Waals surface area contributed by atoms with E-state index in [0.717, 1.165) is 50.9 Å². The Morgan fingerprint density at radius 3 is 0.889 bits per heavy atom. The van der Waals surface area contributed by atoms with Crippen molar-refractivity contribution < 1.29 is 0 Å². The van der Waals surface area contributed by atoms with Crippen molar-refractivity contribution in [3.63, 3.8) is 0 Å². The van der Waals surface area contributed by atoms with E-state index in [2.05, 4.69) is 493 Å². The number of anilines is 6. The summed E-state index contributed by atoms with van der Waals surface area (Å²) in [6, 6.07) is 168. The number of benzene rings is 17. The molecule has 0 spiro atoms. The van der Waals surface area contributed by atoms with Crippen LogP contribution in [0.15, 0.2) is 437 Å². The van der Waals surface area contributed by atoms with Gasteiger partial charge in [-0.15, -0.1) is 0 Å². The monoisotopic (exact) mass is 1550 g/mol. The Labute approximate surface area is 691 Å². The minimum atomic E-state index is -3.19. The summed E-state index contributed by atoms with van der Waals surface area (Å²) in [6.07, 6.45) is 0. The van der Waals surface area contributed by atoms with E-state index in [9.17, 15) is 0 Å². The first-order chi connectivity index (χ1) is 57.3. The Bertz CT molecular complexity index is 6300. The summed E-state index contributed by atoms with van der Waals surface area (Å²) in [5, 5.41) is 18.5. The predicted molar refractivity (Wildman–Crippen MR) is 508 cm³/mol. The van der Waals surface area contributed by atoms with E-state index in [0.29, 0.717) is 0 Å². The van der Waals surface area contributed by atoms with E-state index >= 15 is 0 Å². The van der Waals surface area contributed by atoms with Crippen molar-refractivity contribution in [3.8, 4) is 16.8 Å². The summed E-state index contributed by atoms with van der Waals surface area (Å²) < 4.78 is 2.60. The Morgan fingerprint density at radius 2 is 0.538 bits per heavy atom.